The molecule has 0 bridgehead atoms. The van der Waals surface area contributed by atoms with Gasteiger partial charge >= 0.3 is 87.2 Å². The van der Waals surface area contributed by atoms with E-state index in [2.05, 4.69) is 4.74 Å². The van der Waals surface area contributed by atoms with Gasteiger partial charge in [-0.05, 0) is 36.4 Å². The molecule has 0 unspecified atom stereocenters. The van der Waals surface area contributed by atoms with Crippen LogP contribution >= 0.6 is 0 Å². The third-order valence-electron chi connectivity index (χ3n) is 3.62. The normalized spacial score (nSPS) is 9.73. The quantitative estimate of drug-likeness (QED) is 0.231. The van der Waals surface area contributed by atoms with Crippen LogP contribution in [0.15, 0.2) is 36.4 Å². The van der Waals surface area contributed by atoms with Gasteiger partial charge in [-0.15, -0.1) is 0 Å². The summed E-state index contributed by atoms with van der Waals surface area (Å²) < 4.78 is 4.51. The summed E-state index contributed by atoms with van der Waals surface area (Å²) in [5.41, 5.74) is -3.64. The van der Waals surface area contributed by atoms with Crippen molar-refractivity contribution >= 4 is 35.8 Å². The van der Waals surface area contributed by atoms with Gasteiger partial charge < -0.3 is 25.2 Å². The first-order chi connectivity index (χ1) is 13.5. The van der Waals surface area contributed by atoms with Gasteiger partial charge in [0.2, 0.25) is 0 Å². The SMILES string of the molecule is O=C(O)c1ccc(C(=O)OC(=O)c2ccc(C(=O)O)cc2C(=O)O)c(C(=O)O)c1.[K+]. The average molecular weight is 441 g/mol. The van der Waals surface area contributed by atoms with E-state index in [0.29, 0.717) is 12.1 Å². The molecule has 148 valence electrons. The first-order valence-electron chi connectivity index (χ1n) is 7.50. The van der Waals surface area contributed by atoms with Crippen molar-refractivity contribution in [3.05, 3.63) is 69.8 Å². The third kappa shape index (κ3) is 5.58. The van der Waals surface area contributed by atoms with E-state index >= 15 is 0 Å². The Kier molecular flexibility index (Phi) is 8.56. The molecule has 11 nitrogen and oxygen atoms in total. The molecule has 0 saturated carbocycles. The number of esters is 2. The summed E-state index contributed by atoms with van der Waals surface area (Å²) >= 11 is 0. The van der Waals surface area contributed by atoms with Gasteiger partial charge in [0.1, 0.15) is 0 Å². The number of carbonyl (C=O) groups excluding carboxylic acids is 2. The van der Waals surface area contributed by atoms with Gasteiger partial charge in [0, 0.05) is 0 Å². The van der Waals surface area contributed by atoms with Gasteiger partial charge in [0.05, 0.1) is 33.4 Å². The van der Waals surface area contributed by atoms with Crippen LogP contribution < -0.4 is 51.4 Å². The molecule has 0 aromatic heterocycles. The maximum Gasteiger partial charge on any atom is 1.00 e. The van der Waals surface area contributed by atoms with Crippen molar-refractivity contribution in [3.8, 4) is 0 Å². The Morgan fingerprint density at radius 2 is 0.867 bits per heavy atom. The van der Waals surface area contributed by atoms with Gasteiger partial charge in [0.25, 0.3) is 0 Å². The first kappa shape index (κ1) is 25.1. The number of carbonyl (C=O) groups is 6. The van der Waals surface area contributed by atoms with Crippen molar-refractivity contribution in [1.29, 1.82) is 0 Å². The van der Waals surface area contributed by atoms with E-state index in [1.807, 2.05) is 0 Å². The third-order valence-corrected chi connectivity index (χ3v) is 3.62. The molecule has 0 fully saturated rings. The van der Waals surface area contributed by atoms with Crippen LogP contribution in [0.25, 0.3) is 0 Å². The summed E-state index contributed by atoms with van der Waals surface area (Å²) in [6, 6.07) is 4.87. The Morgan fingerprint density at radius 1 is 0.533 bits per heavy atom. The standard InChI is InChI=1S/C18H10O11.K/c19-13(20)7-1-3-9(11(5-7)15(23)24)17(27)29-18(28)10-4-2-8(14(21)22)6-12(10)16(25)26;/h1-6H,(H,19,20)(H,21,22)(H,23,24)(H,25,26);/q;+1. The molecule has 0 atom stereocenters. The topological polar surface area (TPSA) is 193 Å². The maximum atomic E-state index is 12.2. The molecule has 0 spiro atoms. The molecule has 2 aromatic carbocycles. The molecule has 0 aliphatic rings. The molecule has 2 rings (SSSR count). The van der Waals surface area contributed by atoms with E-state index in [0.717, 1.165) is 24.3 Å². The number of hydrogen-bond donors (Lipinski definition) is 4. The minimum absolute atomic E-state index is 0. The fraction of sp³-hybridized carbons (Fsp3) is 0. The van der Waals surface area contributed by atoms with Crippen molar-refractivity contribution in [2.45, 2.75) is 0 Å². The zero-order chi connectivity index (χ0) is 21.9. The van der Waals surface area contributed by atoms with E-state index < -0.39 is 69.2 Å². The summed E-state index contributed by atoms with van der Waals surface area (Å²) in [4.78, 5) is 68.8. The van der Waals surface area contributed by atoms with Crippen molar-refractivity contribution in [1.82, 2.24) is 0 Å². The van der Waals surface area contributed by atoms with E-state index in [1.165, 1.54) is 0 Å². The largest absolute Gasteiger partial charge is 1.00 e. The first-order valence-corrected chi connectivity index (χ1v) is 7.50. The minimum Gasteiger partial charge on any atom is -0.478 e. The molecular formula is C18H10KO11+. The van der Waals surface area contributed by atoms with Crippen LogP contribution in [-0.4, -0.2) is 56.2 Å². The molecule has 0 saturated heterocycles. The van der Waals surface area contributed by atoms with Crippen LogP contribution in [0.3, 0.4) is 0 Å². The maximum absolute atomic E-state index is 12.2. The summed E-state index contributed by atoms with van der Waals surface area (Å²) in [7, 11) is 0. The number of carboxylic acids is 4. The fourth-order valence-corrected chi connectivity index (χ4v) is 2.26. The van der Waals surface area contributed by atoms with Gasteiger partial charge in [-0.1, -0.05) is 0 Å². The average Bonchev–Trinajstić information content (AvgIpc) is 2.66. The summed E-state index contributed by atoms with van der Waals surface area (Å²) in [6.07, 6.45) is 0. The molecule has 0 amide bonds. The minimum atomic E-state index is -1.66. The molecular weight excluding hydrogens is 431 g/mol. The molecule has 2 aromatic rings. The number of aromatic carboxylic acids is 4. The van der Waals surface area contributed by atoms with Gasteiger partial charge in [-0.3, -0.25) is 0 Å². The Labute approximate surface area is 209 Å². The second kappa shape index (κ2) is 10.2. The fourth-order valence-electron chi connectivity index (χ4n) is 2.26. The monoisotopic (exact) mass is 441 g/mol. The van der Waals surface area contributed by atoms with Crippen LogP contribution in [0.1, 0.15) is 62.1 Å². The van der Waals surface area contributed by atoms with Crippen LogP contribution in [0.2, 0.25) is 0 Å². The van der Waals surface area contributed by atoms with Crippen molar-refractivity contribution < 1.29 is 105 Å². The predicted octanol–water partition coefficient (Wildman–Crippen LogP) is -1.52. The Hall–Kier alpha value is -2.90. The van der Waals surface area contributed by atoms with E-state index in [1.54, 1.807) is 0 Å². The number of benzene rings is 2. The Balaban J connectivity index is 0.00000450. The van der Waals surface area contributed by atoms with Crippen LogP contribution in [-0.2, 0) is 4.74 Å². The van der Waals surface area contributed by atoms with Crippen LogP contribution in [0, 0.1) is 0 Å². The molecule has 0 aliphatic carbocycles. The second-order valence-electron chi connectivity index (χ2n) is 5.42. The van der Waals surface area contributed by atoms with Gasteiger partial charge in [-0.2, -0.15) is 0 Å². The molecule has 12 heteroatoms. The van der Waals surface area contributed by atoms with Gasteiger partial charge in [0.15, 0.2) is 0 Å². The molecule has 4 N–H and O–H groups in total. The zero-order valence-corrected chi connectivity index (χ0v) is 18.2. The van der Waals surface area contributed by atoms with E-state index in [-0.39, 0.29) is 51.4 Å². The predicted molar refractivity (Wildman–Crippen MR) is 90.5 cm³/mol. The Morgan fingerprint density at radius 3 is 1.13 bits per heavy atom. The van der Waals surface area contributed by atoms with Crippen molar-refractivity contribution in [3.63, 3.8) is 0 Å². The summed E-state index contributed by atoms with van der Waals surface area (Å²) in [6.45, 7) is 0. The number of ether oxygens (including phenoxy) is 1. The zero-order valence-electron chi connectivity index (χ0n) is 15.1. The smallest absolute Gasteiger partial charge is 0.478 e. The van der Waals surface area contributed by atoms with E-state index in [9.17, 15) is 28.8 Å². The van der Waals surface area contributed by atoms with E-state index in [4.69, 9.17) is 20.4 Å². The van der Waals surface area contributed by atoms with Crippen molar-refractivity contribution in [2.75, 3.05) is 0 Å². The van der Waals surface area contributed by atoms with Crippen LogP contribution in [0.4, 0.5) is 0 Å². The van der Waals surface area contributed by atoms with Crippen LogP contribution in [0.5, 0.6) is 0 Å². The Bertz CT molecular complexity index is 1000. The second-order valence-corrected chi connectivity index (χ2v) is 5.42. The molecule has 0 aliphatic heterocycles. The molecule has 0 radical (unpaired) electrons. The number of carboxylic acid groups (broad SMARTS) is 4. The molecule has 0 heterocycles. The van der Waals surface area contributed by atoms with Crippen molar-refractivity contribution in [2.24, 2.45) is 0 Å². The van der Waals surface area contributed by atoms with Gasteiger partial charge in [-0.25, -0.2) is 28.8 Å². The summed E-state index contributed by atoms with van der Waals surface area (Å²) in [5.74, 6) is -9.17. The summed E-state index contributed by atoms with van der Waals surface area (Å²) in [5, 5.41) is 36.1. The number of rotatable bonds is 6. The number of hydrogen-bond acceptors (Lipinski definition) is 7. The molecule has 30 heavy (non-hydrogen) atoms.